The number of ether oxygens (including phenoxy) is 1. The maximum atomic E-state index is 11.5. The minimum Gasteiger partial charge on any atom is -0.491 e. The van der Waals surface area contributed by atoms with E-state index in [2.05, 4.69) is 37.1 Å². The topological polar surface area (TPSA) is 57.2 Å². The van der Waals surface area contributed by atoms with Gasteiger partial charge in [-0.3, -0.25) is 4.79 Å². The summed E-state index contributed by atoms with van der Waals surface area (Å²) >= 11 is 0. The van der Waals surface area contributed by atoms with Crippen LogP contribution in [0.15, 0.2) is 29.3 Å². The van der Waals surface area contributed by atoms with Crippen LogP contribution in [0.1, 0.15) is 39.2 Å². The lowest BCUT2D eigenvalue weighted by Gasteiger charge is -2.36. The number of nitrogens with one attached hydrogen (secondary N) is 1. The Balaban J connectivity index is 0.00000364. The van der Waals surface area contributed by atoms with Crippen molar-refractivity contribution in [1.82, 2.24) is 15.1 Å². The van der Waals surface area contributed by atoms with Crippen molar-refractivity contribution in [3.05, 3.63) is 29.8 Å². The third kappa shape index (κ3) is 7.20. The van der Waals surface area contributed by atoms with Gasteiger partial charge in [0.25, 0.3) is 0 Å². The van der Waals surface area contributed by atoms with Gasteiger partial charge >= 0.3 is 0 Å². The Hall–Kier alpha value is -1.51. The molecular weight excluding hydrogens is 455 g/mol. The summed E-state index contributed by atoms with van der Waals surface area (Å²) in [5.41, 5.74) is 1.23. The monoisotopic (exact) mass is 488 g/mol. The van der Waals surface area contributed by atoms with E-state index >= 15 is 0 Å². The number of para-hydroxylation sites is 1. The van der Waals surface area contributed by atoms with Crippen LogP contribution in [0.4, 0.5) is 0 Å². The van der Waals surface area contributed by atoms with Crippen molar-refractivity contribution >= 4 is 35.8 Å². The van der Waals surface area contributed by atoms with Gasteiger partial charge in [-0.2, -0.15) is 0 Å². The molecule has 1 amide bonds. The van der Waals surface area contributed by atoms with Gasteiger partial charge < -0.3 is 19.9 Å². The number of carbonyl (C=O) groups excluding carboxylic acids is 1. The summed E-state index contributed by atoms with van der Waals surface area (Å²) in [7, 11) is 0. The van der Waals surface area contributed by atoms with Crippen LogP contribution in [0.25, 0.3) is 0 Å². The van der Waals surface area contributed by atoms with Gasteiger partial charge in [0.15, 0.2) is 5.96 Å². The first-order valence-electron chi connectivity index (χ1n) is 9.53. The summed E-state index contributed by atoms with van der Waals surface area (Å²) in [6.45, 7) is 13.1. The molecular formula is C20H33IN4O2. The number of amides is 1. The van der Waals surface area contributed by atoms with Crippen molar-refractivity contribution in [2.45, 2.75) is 33.6 Å². The summed E-state index contributed by atoms with van der Waals surface area (Å²) in [5.74, 6) is 2.42. The van der Waals surface area contributed by atoms with Crippen LogP contribution in [-0.2, 0) is 4.79 Å². The highest BCUT2D eigenvalue weighted by Crippen LogP contribution is 2.25. The summed E-state index contributed by atoms with van der Waals surface area (Å²) in [4.78, 5) is 20.3. The van der Waals surface area contributed by atoms with Gasteiger partial charge in [-0.05, 0) is 24.5 Å². The Kier molecular flexibility index (Phi) is 10.5. The maximum absolute atomic E-state index is 11.5. The number of halogens is 1. The van der Waals surface area contributed by atoms with Gasteiger partial charge in [0.1, 0.15) is 12.4 Å². The van der Waals surface area contributed by atoms with Crippen LogP contribution in [0.2, 0.25) is 0 Å². The molecule has 0 aromatic heterocycles. The van der Waals surface area contributed by atoms with Crippen molar-refractivity contribution < 1.29 is 9.53 Å². The highest BCUT2D eigenvalue weighted by atomic mass is 127. The van der Waals surface area contributed by atoms with Crippen molar-refractivity contribution in [3.8, 4) is 5.75 Å². The molecule has 27 heavy (non-hydrogen) atoms. The normalized spacial score (nSPS) is 14.8. The molecule has 0 bridgehead atoms. The number of hydrogen-bond acceptors (Lipinski definition) is 3. The van der Waals surface area contributed by atoms with Gasteiger partial charge in [-0.25, -0.2) is 4.99 Å². The van der Waals surface area contributed by atoms with E-state index in [1.54, 1.807) is 6.92 Å². The minimum absolute atomic E-state index is 0. The molecule has 1 heterocycles. The molecule has 0 atom stereocenters. The number of rotatable bonds is 6. The van der Waals surface area contributed by atoms with E-state index in [1.165, 1.54) is 5.56 Å². The maximum Gasteiger partial charge on any atom is 0.219 e. The number of aliphatic imine (C=N–C) groups is 1. The molecule has 0 radical (unpaired) electrons. The quantitative estimate of drug-likeness (QED) is 0.290. The predicted octanol–water partition coefficient (Wildman–Crippen LogP) is 2.94. The average Bonchev–Trinajstić information content (AvgIpc) is 2.64. The van der Waals surface area contributed by atoms with Crippen molar-refractivity contribution in [2.24, 2.45) is 4.99 Å². The van der Waals surface area contributed by atoms with E-state index in [9.17, 15) is 4.79 Å². The van der Waals surface area contributed by atoms with Gasteiger partial charge in [-0.1, -0.05) is 32.0 Å². The second-order valence-corrected chi connectivity index (χ2v) is 6.77. The number of guanidine groups is 1. The summed E-state index contributed by atoms with van der Waals surface area (Å²) in [5, 5.41) is 3.34. The minimum atomic E-state index is 0. The lowest BCUT2D eigenvalue weighted by molar-refractivity contribution is -0.130. The number of benzene rings is 1. The molecule has 1 N–H and O–H groups in total. The van der Waals surface area contributed by atoms with Gasteiger partial charge in [0, 0.05) is 39.6 Å². The molecule has 7 heteroatoms. The van der Waals surface area contributed by atoms with Crippen LogP contribution < -0.4 is 10.1 Å². The van der Waals surface area contributed by atoms with Crippen molar-refractivity contribution in [2.75, 3.05) is 45.9 Å². The zero-order valence-electron chi connectivity index (χ0n) is 16.9. The third-order valence-electron chi connectivity index (χ3n) is 4.51. The molecule has 0 unspecified atom stereocenters. The molecule has 1 saturated heterocycles. The lowest BCUT2D eigenvalue weighted by atomic mass is 10.0. The average molecular weight is 488 g/mol. The Morgan fingerprint density at radius 1 is 1.19 bits per heavy atom. The third-order valence-corrected chi connectivity index (χ3v) is 4.51. The van der Waals surface area contributed by atoms with Gasteiger partial charge in [-0.15, -0.1) is 24.0 Å². The zero-order valence-corrected chi connectivity index (χ0v) is 19.2. The standard InChI is InChI=1S/C20H32N4O2.HI/c1-5-21-20(24-13-11-23(12-14-24)17(4)25)22-10-15-26-19-9-7-6-8-18(19)16(2)3;/h6-9,16H,5,10-15H2,1-4H3,(H,21,22);1H. The lowest BCUT2D eigenvalue weighted by Crippen LogP contribution is -2.53. The van der Waals surface area contributed by atoms with Crippen molar-refractivity contribution in [3.63, 3.8) is 0 Å². The van der Waals surface area contributed by atoms with Crippen LogP contribution in [0.5, 0.6) is 5.75 Å². The van der Waals surface area contributed by atoms with E-state index in [0.29, 0.717) is 19.1 Å². The predicted molar refractivity (Wildman–Crippen MR) is 121 cm³/mol. The van der Waals surface area contributed by atoms with E-state index in [1.807, 2.05) is 23.1 Å². The molecule has 152 valence electrons. The van der Waals surface area contributed by atoms with E-state index in [4.69, 9.17) is 9.73 Å². The second kappa shape index (κ2) is 12.0. The van der Waals surface area contributed by atoms with Crippen molar-refractivity contribution in [1.29, 1.82) is 0 Å². The Bertz CT molecular complexity index is 614. The SMILES string of the molecule is CCNC(=NCCOc1ccccc1C(C)C)N1CCN(C(C)=O)CC1.I. The van der Waals surface area contributed by atoms with E-state index < -0.39 is 0 Å². The molecule has 1 aliphatic heterocycles. The number of nitrogens with zero attached hydrogens (tertiary/aromatic N) is 3. The fourth-order valence-corrected chi connectivity index (χ4v) is 3.06. The molecule has 2 rings (SSSR count). The first-order valence-corrected chi connectivity index (χ1v) is 9.53. The first-order chi connectivity index (χ1) is 12.5. The van der Waals surface area contributed by atoms with Gasteiger partial charge in [0.05, 0.1) is 6.54 Å². The first kappa shape index (κ1) is 23.5. The Morgan fingerprint density at radius 2 is 1.81 bits per heavy atom. The number of piperazine rings is 1. The second-order valence-electron chi connectivity index (χ2n) is 6.77. The summed E-state index contributed by atoms with van der Waals surface area (Å²) < 4.78 is 5.96. The molecule has 0 spiro atoms. The molecule has 0 aliphatic carbocycles. The highest BCUT2D eigenvalue weighted by molar-refractivity contribution is 14.0. The fraction of sp³-hybridized carbons (Fsp3) is 0.600. The molecule has 1 fully saturated rings. The fourth-order valence-electron chi connectivity index (χ4n) is 3.06. The molecule has 0 saturated carbocycles. The molecule has 6 nitrogen and oxygen atoms in total. The zero-order chi connectivity index (χ0) is 18.9. The van der Waals surface area contributed by atoms with E-state index in [0.717, 1.165) is 44.4 Å². The summed E-state index contributed by atoms with van der Waals surface area (Å²) in [6, 6.07) is 8.18. The number of hydrogen-bond donors (Lipinski definition) is 1. The smallest absolute Gasteiger partial charge is 0.219 e. The highest BCUT2D eigenvalue weighted by Gasteiger charge is 2.20. The summed E-state index contributed by atoms with van der Waals surface area (Å²) in [6.07, 6.45) is 0. The van der Waals surface area contributed by atoms with Crippen LogP contribution in [0.3, 0.4) is 0 Å². The molecule has 1 aromatic carbocycles. The largest absolute Gasteiger partial charge is 0.491 e. The van der Waals surface area contributed by atoms with E-state index in [-0.39, 0.29) is 29.9 Å². The van der Waals surface area contributed by atoms with Crippen LogP contribution in [0, 0.1) is 0 Å². The van der Waals surface area contributed by atoms with Crippen LogP contribution in [-0.4, -0.2) is 67.5 Å². The van der Waals surface area contributed by atoms with Gasteiger partial charge in [0.2, 0.25) is 5.91 Å². The number of carbonyl (C=O) groups is 1. The molecule has 1 aromatic rings. The Labute approximate surface area is 180 Å². The van der Waals surface area contributed by atoms with Crippen LogP contribution >= 0.6 is 24.0 Å². The Morgan fingerprint density at radius 3 is 2.41 bits per heavy atom. The molecule has 1 aliphatic rings.